The summed E-state index contributed by atoms with van der Waals surface area (Å²) >= 11 is 0. The quantitative estimate of drug-likeness (QED) is 0.655. The van der Waals surface area contributed by atoms with Crippen LogP contribution in [0.25, 0.3) is 0 Å². The SMILES string of the molecule is C=CC(C)(C#Cc1ccccc1)C(O)c1ccccc1. The molecular weight excluding hydrogens is 244 g/mol. The Morgan fingerprint density at radius 3 is 2.15 bits per heavy atom. The second kappa shape index (κ2) is 6.23. The number of aliphatic hydroxyl groups excluding tert-OH is 1. The van der Waals surface area contributed by atoms with Crippen LogP contribution in [-0.4, -0.2) is 5.11 Å². The predicted molar refractivity (Wildman–Crippen MR) is 83.0 cm³/mol. The lowest BCUT2D eigenvalue weighted by atomic mass is 9.81. The topological polar surface area (TPSA) is 20.2 Å². The van der Waals surface area contributed by atoms with E-state index in [9.17, 15) is 5.11 Å². The fourth-order valence-corrected chi connectivity index (χ4v) is 1.94. The van der Waals surface area contributed by atoms with Crippen molar-refractivity contribution in [2.24, 2.45) is 5.41 Å². The number of benzene rings is 2. The van der Waals surface area contributed by atoms with Gasteiger partial charge in [-0.1, -0.05) is 66.4 Å². The van der Waals surface area contributed by atoms with Crippen molar-refractivity contribution in [2.75, 3.05) is 0 Å². The first-order valence-electron chi connectivity index (χ1n) is 6.60. The van der Waals surface area contributed by atoms with Crippen LogP contribution in [0.1, 0.15) is 24.2 Å². The molecule has 2 rings (SSSR count). The minimum atomic E-state index is -0.697. The lowest BCUT2D eigenvalue weighted by molar-refractivity contribution is 0.105. The molecule has 0 fully saturated rings. The van der Waals surface area contributed by atoms with Crippen molar-refractivity contribution in [1.82, 2.24) is 0 Å². The van der Waals surface area contributed by atoms with Gasteiger partial charge >= 0.3 is 0 Å². The zero-order valence-electron chi connectivity index (χ0n) is 11.6. The maximum atomic E-state index is 10.5. The third-order valence-corrected chi connectivity index (χ3v) is 3.36. The van der Waals surface area contributed by atoms with Crippen LogP contribution in [0.2, 0.25) is 0 Å². The molecule has 1 heteroatoms. The first-order valence-corrected chi connectivity index (χ1v) is 6.60. The van der Waals surface area contributed by atoms with E-state index in [1.165, 1.54) is 0 Å². The Kier molecular flexibility index (Phi) is 4.40. The third kappa shape index (κ3) is 3.17. The zero-order valence-corrected chi connectivity index (χ0v) is 11.6. The van der Waals surface area contributed by atoms with Crippen LogP contribution in [0.5, 0.6) is 0 Å². The predicted octanol–water partition coefficient (Wildman–Crippen LogP) is 3.96. The molecule has 1 N–H and O–H groups in total. The van der Waals surface area contributed by atoms with E-state index in [1.54, 1.807) is 6.08 Å². The number of aliphatic hydroxyl groups is 1. The summed E-state index contributed by atoms with van der Waals surface area (Å²) in [5.74, 6) is 6.25. The normalized spacial score (nSPS) is 14.5. The summed E-state index contributed by atoms with van der Waals surface area (Å²) in [6.07, 6.45) is 1.01. The standard InChI is InChI=1S/C19H18O/c1-3-19(2,15-14-16-10-6-4-7-11-16)18(20)17-12-8-5-9-13-17/h3-13,18,20H,1H2,2H3. The molecule has 2 atom stereocenters. The highest BCUT2D eigenvalue weighted by Gasteiger charge is 2.29. The fourth-order valence-electron chi connectivity index (χ4n) is 1.94. The largest absolute Gasteiger partial charge is 0.386 e. The van der Waals surface area contributed by atoms with Gasteiger partial charge in [-0.3, -0.25) is 0 Å². The summed E-state index contributed by atoms with van der Waals surface area (Å²) in [6, 6.07) is 19.3. The summed E-state index contributed by atoms with van der Waals surface area (Å²) < 4.78 is 0. The van der Waals surface area contributed by atoms with Crippen molar-refractivity contribution in [3.05, 3.63) is 84.4 Å². The molecular formula is C19H18O. The van der Waals surface area contributed by atoms with Crippen LogP contribution in [0.3, 0.4) is 0 Å². The van der Waals surface area contributed by atoms with Gasteiger partial charge in [0.15, 0.2) is 0 Å². The molecule has 0 saturated heterocycles. The van der Waals surface area contributed by atoms with Crippen LogP contribution in [0.15, 0.2) is 73.3 Å². The lowest BCUT2D eigenvalue weighted by Crippen LogP contribution is -2.21. The van der Waals surface area contributed by atoms with E-state index in [4.69, 9.17) is 0 Å². The first kappa shape index (κ1) is 14.1. The van der Waals surface area contributed by atoms with Crippen molar-refractivity contribution < 1.29 is 5.11 Å². The Morgan fingerprint density at radius 1 is 1.05 bits per heavy atom. The summed E-state index contributed by atoms with van der Waals surface area (Å²) in [7, 11) is 0. The van der Waals surface area contributed by atoms with Gasteiger partial charge in [0.25, 0.3) is 0 Å². The van der Waals surface area contributed by atoms with E-state index in [0.29, 0.717) is 0 Å². The van der Waals surface area contributed by atoms with Crippen LogP contribution in [-0.2, 0) is 0 Å². The Bertz CT molecular complexity index is 619. The van der Waals surface area contributed by atoms with Crippen LogP contribution >= 0.6 is 0 Å². The van der Waals surface area contributed by atoms with Crippen molar-refractivity contribution in [3.63, 3.8) is 0 Å². The number of rotatable bonds is 3. The molecule has 0 amide bonds. The Hall–Kier alpha value is -2.30. The smallest absolute Gasteiger partial charge is 0.0987 e. The highest BCUT2D eigenvalue weighted by Crippen LogP contribution is 2.34. The third-order valence-electron chi connectivity index (χ3n) is 3.36. The second-order valence-electron chi connectivity index (χ2n) is 4.92. The molecule has 20 heavy (non-hydrogen) atoms. The summed E-state index contributed by atoms with van der Waals surface area (Å²) in [4.78, 5) is 0. The van der Waals surface area contributed by atoms with Crippen molar-refractivity contribution in [3.8, 4) is 11.8 Å². The van der Waals surface area contributed by atoms with Gasteiger partial charge in [0.05, 0.1) is 11.5 Å². The van der Waals surface area contributed by atoms with Crippen LogP contribution in [0, 0.1) is 17.3 Å². The molecule has 0 bridgehead atoms. The van der Waals surface area contributed by atoms with Gasteiger partial charge in [0.1, 0.15) is 0 Å². The molecule has 0 spiro atoms. The van der Waals surface area contributed by atoms with Gasteiger partial charge in [-0.2, -0.15) is 0 Å². The average Bonchev–Trinajstić information content (AvgIpc) is 2.53. The number of hydrogen-bond donors (Lipinski definition) is 1. The molecule has 100 valence electrons. The molecule has 2 aromatic carbocycles. The fraction of sp³-hybridized carbons (Fsp3) is 0.158. The average molecular weight is 262 g/mol. The van der Waals surface area contributed by atoms with Crippen molar-refractivity contribution >= 4 is 0 Å². The maximum absolute atomic E-state index is 10.5. The molecule has 0 aliphatic carbocycles. The zero-order chi connectivity index (χ0) is 14.4. The minimum absolute atomic E-state index is 0.683. The van der Waals surface area contributed by atoms with Crippen molar-refractivity contribution in [1.29, 1.82) is 0 Å². The van der Waals surface area contributed by atoms with Gasteiger partial charge in [-0.25, -0.2) is 0 Å². The molecule has 0 aromatic heterocycles. The molecule has 0 aliphatic heterocycles. The van der Waals surface area contributed by atoms with E-state index in [0.717, 1.165) is 11.1 Å². The van der Waals surface area contributed by atoms with E-state index in [-0.39, 0.29) is 0 Å². The molecule has 0 radical (unpaired) electrons. The van der Waals surface area contributed by atoms with E-state index in [2.05, 4.69) is 18.4 Å². The van der Waals surface area contributed by atoms with Gasteiger partial charge in [-0.05, 0) is 24.6 Å². The second-order valence-corrected chi connectivity index (χ2v) is 4.92. The summed E-state index contributed by atoms with van der Waals surface area (Å²) in [5, 5.41) is 10.5. The summed E-state index contributed by atoms with van der Waals surface area (Å²) in [5.41, 5.74) is 1.09. The molecule has 0 saturated carbocycles. The monoisotopic (exact) mass is 262 g/mol. The maximum Gasteiger partial charge on any atom is 0.0987 e. The minimum Gasteiger partial charge on any atom is -0.386 e. The van der Waals surface area contributed by atoms with E-state index < -0.39 is 11.5 Å². The first-order chi connectivity index (χ1) is 9.65. The summed E-state index contributed by atoms with van der Waals surface area (Å²) in [6.45, 7) is 5.73. The molecule has 0 heterocycles. The Morgan fingerprint density at radius 2 is 1.60 bits per heavy atom. The van der Waals surface area contributed by atoms with Gasteiger partial charge in [-0.15, -0.1) is 6.58 Å². The van der Waals surface area contributed by atoms with Gasteiger partial charge in [0.2, 0.25) is 0 Å². The van der Waals surface area contributed by atoms with E-state index in [1.807, 2.05) is 67.6 Å². The molecule has 1 nitrogen and oxygen atoms in total. The van der Waals surface area contributed by atoms with Crippen LogP contribution in [0.4, 0.5) is 0 Å². The molecule has 2 aromatic rings. The van der Waals surface area contributed by atoms with Crippen LogP contribution < -0.4 is 0 Å². The Labute approximate surface area is 120 Å². The number of hydrogen-bond acceptors (Lipinski definition) is 1. The van der Waals surface area contributed by atoms with Gasteiger partial charge in [0, 0.05) is 5.56 Å². The van der Waals surface area contributed by atoms with Gasteiger partial charge < -0.3 is 5.11 Å². The molecule has 2 unspecified atom stereocenters. The molecule has 0 aliphatic rings. The Balaban J connectivity index is 2.30. The lowest BCUT2D eigenvalue weighted by Gasteiger charge is -2.26. The highest BCUT2D eigenvalue weighted by molar-refractivity contribution is 5.38. The van der Waals surface area contributed by atoms with Crippen molar-refractivity contribution in [2.45, 2.75) is 13.0 Å². The highest BCUT2D eigenvalue weighted by atomic mass is 16.3. The van der Waals surface area contributed by atoms with E-state index >= 15 is 0 Å².